The van der Waals surface area contributed by atoms with Gasteiger partial charge in [0, 0.05) is 19.3 Å². The Bertz CT molecular complexity index is 732. The summed E-state index contributed by atoms with van der Waals surface area (Å²) in [6.07, 6.45) is 4.49. The Morgan fingerprint density at radius 2 is 1.76 bits per heavy atom. The Morgan fingerprint density at radius 3 is 2.34 bits per heavy atom. The number of rotatable bonds is 13. The smallest absolute Gasteiger partial charge is 0.191 e. The lowest BCUT2D eigenvalue weighted by Gasteiger charge is -2.21. The number of nitrogens with one attached hydrogen (secondary N) is 2. The Labute approximate surface area is 175 Å². The molecule has 1 aromatic rings. The van der Waals surface area contributed by atoms with Crippen molar-refractivity contribution in [2.45, 2.75) is 52.3 Å². The number of halogens is 1. The number of guanidine groups is 1. The number of benzene rings is 1. The van der Waals surface area contributed by atoms with Gasteiger partial charge in [-0.15, -0.1) is 0 Å². The first-order valence-electron chi connectivity index (χ1n) is 10.5. The maximum Gasteiger partial charge on any atom is 0.191 e. The van der Waals surface area contributed by atoms with E-state index in [1.165, 1.54) is 24.5 Å². The topological polar surface area (TPSA) is 73.8 Å². The van der Waals surface area contributed by atoms with Crippen LogP contribution in [0.25, 0.3) is 0 Å². The molecule has 0 atom stereocenters. The molecule has 0 spiro atoms. The van der Waals surface area contributed by atoms with Crippen LogP contribution in [-0.2, 0) is 22.1 Å². The number of hydrogen-bond donors (Lipinski definition) is 2. The van der Waals surface area contributed by atoms with Crippen LogP contribution in [-0.4, -0.2) is 58.3 Å². The van der Waals surface area contributed by atoms with Gasteiger partial charge in [-0.25, -0.2) is 17.8 Å². The summed E-state index contributed by atoms with van der Waals surface area (Å²) < 4.78 is 37.0. The minimum Gasteiger partial charge on any atom is -0.357 e. The highest BCUT2D eigenvalue weighted by atomic mass is 32.2. The molecule has 8 heteroatoms. The van der Waals surface area contributed by atoms with Gasteiger partial charge in [-0.3, -0.25) is 0 Å². The maximum atomic E-state index is 13.7. The zero-order valence-corrected chi connectivity index (χ0v) is 19.1. The minimum absolute atomic E-state index is 0.118. The number of sulfone groups is 1. The van der Waals surface area contributed by atoms with E-state index in [0.29, 0.717) is 23.6 Å². The Balaban J connectivity index is 2.71. The highest BCUT2D eigenvalue weighted by Crippen LogP contribution is 2.15. The Hall–Kier alpha value is -1.67. The highest BCUT2D eigenvalue weighted by molar-refractivity contribution is 7.89. The summed E-state index contributed by atoms with van der Waals surface area (Å²) >= 11 is 0. The molecule has 6 nitrogen and oxygen atoms in total. The highest BCUT2D eigenvalue weighted by Gasteiger charge is 2.11. The van der Waals surface area contributed by atoms with Crippen molar-refractivity contribution in [2.24, 2.45) is 4.99 Å². The third-order valence-corrected chi connectivity index (χ3v) is 5.20. The molecule has 0 saturated carbocycles. The van der Waals surface area contributed by atoms with Crippen LogP contribution in [0.1, 0.15) is 51.2 Å². The van der Waals surface area contributed by atoms with E-state index < -0.39 is 15.7 Å². The lowest BCUT2D eigenvalue weighted by atomic mass is 10.1. The summed E-state index contributed by atoms with van der Waals surface area (Å²) in [6.45, 7) is 11.4. The zero-order chi connectivity index (χ0) is 21.7. The molecule has 0 saturated heterocycles. The van der Waals surface area contributed by atoms with E-state index in [-0.39, 0.29) is 12.3 Å². The van der Waals surface area contributed by atoms with Crippen LogP contribution in [0.5, 0.6) is 0 Å². The molecular formula is C21H37FN4O2S. The van der Waals surface area contributed by atoms with Gasteiger partial charge in [0.2, 0.25) is 0 Å². The summed E-state index contributed by atoms with van der Waals surface area (Å²) in [4.78, 5) is 6.99. The van der Waals surface area contributed by atoms with E-state index in [2.05, 4.69) is 34.4 Å². The van der Waals surface area contributed by atoms with Crippen molar-refractivity contribution in [3.8, 4) is 0 Å². The summed E-state index contributed by atoms with van der Waals surface area (Å²) in [5.74, 6) is 0.143. The number of hydrogen-bond acceptors (Lipinski definition) is 4. The van der Waals surface area contributed by atoms with Crippen molar-refractivity contribution in [3.63, 3.8) is 0 Å². The van der Waals surface area contributed by atoms with E-state index in [1.807, 2.05) is 6.92 Å². The molecule has 2 N–H and O–H groups in total. The molecule has 1 rings (SSSR count). The minimum atomic E-state index is -3.20. The molecule has 0 aromatic heterocycles. The van der Waals surface area contributed by atoms with Crippen LogP contribution in [0.2, 0.25) is 0 Å². The number of aliphatic imine (C=N–C) groups is 1. The molecule has 0 amide bonds. The second kappa shape index (κ2) is 13.5. The van der Waals surface area contributed by atoms with Gasteiger partial charge in [0.1, 0.15) is 5.82 Å². The summed E-state index contributed by atoms with van der Waals surface area (Å²) in [6, 6.07) is 4.17. The first-order valence-corrected chi connectivity index (χ1v) is 12.5. The predicted molar refractivity (Wildman–Crippen MR) is 119 cm³/mol. The van der Waals surface area contributed by atoms with Crippen molar-refractivity contribution in [3.05, 3.63) is 35.1 Å². The van der Waals surface area contributed by atoms with Crippen LogP contribution in [0.15, 0.2) is 23.2 Å². The lowest BCUT2D eigenvalue weighted by molar-refractivity contribution is 0.271. The van der Waals surface area contributed by atoms with Gasteiger partial charge < -0.3 is 15.5 Å². The van der Waals surface area contributed by atoms with Gasteiger partial charge >= 0.3 is 0 Å². The Morgan fingerprint density at radius 1 is 1.07 bits per heavy atom. The van der Waals surface area contributed by atoms with Crippen LogP contribution >= 0.6 is 0 Å². The van der Waals surface area contributed by atoms with Gasteiger partial charge in [-0.2, -0.15) is 0 Å². The molecule has 0 radical (unpaired) electrons. The fourth-order valence-electron chi connectivity index (χ4n) is 3.15. The Kier molecular flexibility index (Phi) is 11.8. The largest absolute Gasteiger partial charge is 0.357 e. The van der Waals surface area contributed by atoms with Crippen LogP contribution in [0, 0.1) is 5.82 Å². The second-order valence-electron chi connectivity index (χ2n) is 7.30. The maximum absolute atomic E-state index is 13.7. The van der Waals surface area contributed by atoms with Gasteiger partial charge in [-0.1, -0.05) is 19.9 Å². The normalized spacial score (nSPS) is 12.4. The van der Waals surface area contributed by atoms with Crippen LogP contribution in [0.3, 0.4) is 0 Å². The monoisotopic (exact) mass is 428 g/mol. The summed E-state index contributed by atoms with van der Waals surface area (Å²) in [5, 5.41) is 6.50. The SMILES string of the molecule is CCCN(CCC)CCCNC(=NCc1cc(F)ccc1CS(C)(=O)=O)NCC. The van der Waals surface area contributed by atoms with E-state index >= 15 is 0 Å². The van der Waals surface area contributed by atoms with E-state index in [0.717, 1.165) is 45.4 Å². The van der Waals surface area contributed by atoms with Crippen LogP contribution < -0.4 is 10.6 Å². The first-order chi connectivity index (χ1) is 13.8. The summed E-state index contributed by atoms with van der Waals surface area (Å²) in [7, 11) is -3.20. The fraction of sp³-hybridized carbons (Fsp3) is 0.667. The molecule has 166 valence electrons. The molecular weight excluding hydrogens is 391 g/mol. The van der Waals surface area contributed by atoms with Crippen molar-refractivity contribution in [2.75, 3.05) is 39.0 Å². The quantitative estimate of drug-likeness (QED) is 0.287. The van der Waals surface area contributed by atoms with Crippen molar-refractivity contribution < 1.29 is 12.8 Å². The molecule has 0 bridgehead atoms. The summed E-state index contributed by atoms with van der Waals surface area (Å²) in [5.41, 5.74) is 1.17. The third kappa shape index (κ3) is 11.2. The number of nitrogens with zero attached hydrogens (tertiary/aromatic N) is 2. The van der Waals surface area contributed by atoms with Gasteiger partial charge in [0.25, 0.3) is 0 Å². The van der Waals surface area contributed by atoms with Crippen LogP contribution in [0.4, 0.5) is 4.39 Å². The molecule has 0 fully saturated rings. The van der Waals surface area contributed by atoms with E-state index in [1.54, 1.807) is 0 Å². The van der Waals surface area contributed by atoms with E-state index in [4.69, 9.17) is 0 Å². The molecule has 0 unspecified atom stereocenters. The second-order valence-corrected chi connectivity index (χ2v) is 9.44. The zero-order valence-electron chi connectivity index (χ0n) is 18.3. The van der Waals surface area contributed by atoms with Crippen molar-refractivity contribution >= 4 is 15.8 Å². The van der Waals surface area contributed by atoms with Gasteiger partial charge in [0.05, 0.1) is 12.3 Å². The fourth-order valence-corrected chi connectivity index (χ4v) is 3.99. The van der Waals surface area contributed by atoms with Gasteiger partial charge in [0.15, 0.2) is 15.8 Å². The molecule has 0 aliphatic heterocycles. The predicted octanol–water partition coefficient (Wildman–Crippen LogP) is 2.94. The average Bonchev–Trinajstić information content (AvgIpc) is 2.64. The molecule has 0 aliphatic rings. The molecule has 0 heterocycles. The van der Waals surface area contributed by atoms with E-state index in [9.17, 15) is 12.8 Å². The van der Waals surface area contributed by atoms with Crippen molar-refractivity contribution in [1.82, 2.24) is 15.5 Å². The third-order valence-electron chi connectivity index (χ3n) is 4.36. The molecule has 29 heavy (non-hydrogen) atoms. The van der Waals surface area contributed by atoms with Crippen molar-refractivity contribution in [1.29, 1.82) is 0 Å². The first kappa shape index (κ1) is 25.4. The molecule has 1 aromatic carbocycles. The lowest BCUT2D eigenvalue weighted by Crippen LogP contribution is -2.39. The molecule has 0 aliphatic carbocycles. The average molecular weight is 429 g/mol. The van der Waals surface area contributed by atoms with Gasteiger partial charge in [-0.05, 0) is 69.1 Å². The standard InChI is InChI=1S/C21H37FN4O2S/c1-5-12-26(13-6-2)14-8-11-24-21(23-7-3)25-16-19-15-20(22)10-9-18(19)17-29(4,27)28/h9-10,15H,5-8,11-14,16-17H2,1-4H3,(H2,23,24,25).